The van der Waals surface area contributed by atoms with Gasteiger partial charge in [-0.2, -0.15) is 0 Å². The molecule has 3 nitrogen and oxygen atoms in total. The van der Waals surface area contributed by atoms with Crippen LogP contribution in [0.5, 0.6) is 0 Å². The molecule has 0 bridgehead atoms. The average Bonchev–Trinajstić information content (AvgIpc) is 2.26. The van der Waals surface area contributed by atoms with Crippen LogP contribution in [-0.2, 0) is 4.79 Å². The fraction of sp³-hybridized carbons (Fsp3) is 0.417. The largest absolute Gasteiger partial charge is 0.368 e. The Bertz CT molecular complexity index is 338. The lowest BCUT2D eigenvalue weighted by Gasteiger charge is -2.19. The van der Waals surface area contributed by atoms with Crippen LogP contribution in [0.25, 0.3) is 0 Å². The van der Waals surface area contributed by atoms with Gasteiger partial charge in [0.2, 0.25) is 5.91 Å². The summed E-state index contributed by atoms with van der Waals surface area (Å²) in [5, 5.41) is 0. The van der Waals surface area contributed by atoms with Gasteiger partial charge in [0, 0.05) is 4.90 Å². The van der Waals surface area contributed by atoms with Crippen molar-refractivity contribution in [2.24, 2.45) is 11.5 Å². The highest BCUT2D eigenvalue weighted by molar-refractivity contribution is 7.99. The maximum Gasteiger partial charge on any atom is 0.237 e. The van der Waals surface area contributed by atoms with Gasteiger partial charge in [-0.05, 0) is 37.7 Å². The first kappa shape index (κ1) is 13.1. The molecule has 0 spiro atoms. The summed E-state index contributed by atoms with van der Waals surface area (Å²) in [4.78, 5) is 12.2. The molecule has 0 saturated carbocycles. The molecule has 4 heteroatoms. The molecule has 0 aromatic heterocycles. The first-order valence-electron chi connectivity index (χ1n) is 5.29. The van der Waals surface area contributed by atoms with E-state index in [9.17, 15) is 4.79 Å². The minimum atomic E-state index is -0.878. The molecule has 1 unspecified atom stereocenters. The summed E-state index contributed by atoms with van der Waals surface area (Å²) in [6, 6.07) is 10.2. The van der Waals surface area contributed by atoms with Gasteiger partial charge < -0.3 is 11.5 Å². The van der Waals surface area contributed by atoms with Gasteiger partial charge in [0.15, 0.2) is 0 Å². The number of carbonyl (C=O) groups excluding carboxylic acids is 1. The van der Waals surface area contributed by atoms with Crippen molar-refractivity contribution >= 4 is 17.7 Å². The summed E-state index contributed by atoms with van der Waals surface area (Å²) < 4.78 is 0. The summed E-state index contributed by atoms with van der Waals surface area (Å²) in [6.45, 7) is 1.68. The van der Waals surface area contributed by atoms with Gasteiger partial charge in [0.1, 0.15) is 0 Å². The van der Waals surface area contributed by atoms with Crippen LogP contribution >= 0.6 is 11.8 Å². The lowest BCUT2D eigenvalue weighted by molar-refractivity contribution is -0.122. The van der Waals surface area contributed by atoms with E-state index in [2.05, 4.69) is 12.1 Å². The smallest absolute Gasteiger partial charge is 0.237 e. The molecule has 0 saturated heterocycles. The number of hydrogen-bond acceptors (Lipinski definition) is 3. The highest BCUT2D eigenvalue weighted by Gasteiger charge is 2.24. The first-order valence-corrected chi connectivity index (χ1v) is 6.27. The zero-order chi connectivity index (χ0) is 12.0. The van der Waals surface area contributed by atoms with E-state index in [0.29, 0.717) is 6.42 Å². The second-order valence-corrected chi connectivity index (χ2v) is 5.22. The summed E-state index contributed by atoms with van der Waals surface area (Å²) in [5.41, 5.74) is 10.1. The number of benzene rings is 1. The first-order chi connectivity index (χ1) is 7.52. The molecular weight excluding hydrogens is 220 g/mol. The van der Waals surface area contributed by atoms with Crippen LogP contribution < -0.4 is 11.5 Å². The van der Waals surface area contributed by atoms with Gasteiger partial charge in [-0.3, -0.25) is 4.79 Å². The third kappa shape index (κ3) is 4.24. The molecule has 16 heavy (non-hydrogen) atoms. The van der Waals surface area contributed by atoms with Gasteiger partial charge in [-0.1, -0.05) is 18.2 Å². The maximum atomic E-state index is 11.0. The van der Waals surface area contributed by atoms with Crippen molar-refractivity contribution in [2.45, 2.75) is 30.2 Å². The highest BCUT2D eigenvalue weighted by Crippen LogP contribution is 2.20. The summed E-state index contributed by atoms with van der Waals surface area (Å²) >= 11 is 1.77. The van der Waals surface area contributed by atoms with E-state index in [1.165, 1.54) is 4.90 Å². The molecule has 0 aliphatic heterocycles. The Morgan fingerprint density at radius 3 is 2.56 bits per heavy atom. The van der Waals surface area contributed by atoms with E-state index in [1.807, 2.05) is 18.2 Å². The van der Waals surface area contributed by atoms with Gasteiger partial charge >= 0.3 is 0 Å². The van der Waals surface area contributed by atoms with Crippen LogP contribution in [0.3, 0.4) is 0 Å². The Morgan fingerprint density at radius 2 is 2.00 bits per heavy atom. The molecule has 0 radical (unpaired) electrons. The predicted molar refractivity (Wildman–Crippen MR) is 68.2 cm³/mol. The fourth-order valence-corrected chi connectivity index (χ4v) is 2.14. The quantitative estimate of drug-likeness (QED) is 0.586. The zero-order valence-corrected chi connectivity index (χ0v) is 10.3. The van der Waals surface area contributed by atoms with Gasteiger partial charge in [-0.25, -0.2) is 0 Å². The van der Waals surface area contributed by atoms with Crippen LogP contribution in [0.2, 0.25) is 0 Å². The number of amides is 1. The normalized spacial score (nSPS) is 14.4. The average molecular weight is 238 g/mol. The molecule has 0 fully saturated rings. The second kappa shape index (κ2) is 5.92. The Balaban J connectivity index is 2.25. The van der Waals surface area contributed by atoms with Crippen molar-refractivity contribution in [3.05, 3.63) is 30.3 Å². The minimum Gasteiger partial charge on any atom is -0.368 e. The van der Waals surface area contributed by atoms with Gasteiger partial charge in [0.25, 0.3) is 0 Å². The molecule has 1 atom stereocenters. The molecule has 1 aromatic carbocycles. The van der Waals surface area contributed by atoms with Crippen LogP contribution in [0.1, 0.15) is 19.8 Å². The van der Waals surface area contributed by atoms with Crippen molar-refractivity contribution in [3.8, 4) is 0 Å². The van der Waals surface area contributed by atoms with Crippen molar-refractivity contribution in [1.29, 1.82) is 0 Å². The molecule has 0 aliphatic carbocycles. The van der Waals surface area contributed by atoms with Gasteiger partial charge in [0.05, 0.1) is 5.54 Å². The Kier molecular flexibility index (Phi) is 4.83. The Morgan fingerprint density at radius 1 is 1.38 bits per heavy atom. The zero-order valence-electron chi connectivity index (χ0n) is 9.48. The Hall–Kier alpha value is -1.00. The van der Waals surface area contributed by atoms with E-state index >= 15 is 0 Å². The molecule has 88 valence electrons. The lowest BCUT2D eigenvalue weighted by atomic mass is 9.97. The van der Waals surface area contributed by atoms with Crippen LogP contribution in [0.4, 0.5) is 0 Å². The number of primary amides is 1. The Labute approximate surface area is 101 Å². The number of hydrogen-bond donors (Lipinski definition) is 2. The molecule has 4 N–H and O–H groups in total. The summed E-state index contributed by atoms with van der Waals surface area (Å²) in [7, 11) is 0. The molecule has 0 aliphatic rings. The van der Waals surface area contributed by atoms with Crippen molar-refractivity contribution in [2.75, 3.05) is 5.75 Å². The van der Waals surface area contributed by atoms with E-state index in [0.717, 1.165) is 12.2 Å². The third-order valence-electron chi connectivity index (χ3n) is 2.42. The van der Waals surface area contributed by atoms with Crippen LogP contribution in [-0.4, -0.2) is 17.2 Å². The van der Waals surface area contributed by atoms with Crippen molar-refractivity contribution < 1.29 is 4.79 Å². The fourth-order valence-electron chi connectivity index (χ4n) is 1.27. The van der Waals surface area contributed by atoms with E-state index < -0.39 is 11.4 Å². The maximum absolute atomic E-state index is 11.0. The van der Waals surface area contributed by atoms with Gasteiger partial charge in [-0.15, -0.1) is 11.8 Å². The monoisotopic (exact) mass is 238 g/mol. The third-order valence-corrected chi connectivity index (χ3v) is 3.51. The number of thioether (sulfide) groups is 1. The SMILES string of the molecule is CC(N)(CCCSc1ccccc1)C(N)=O. The molecule has 0 heterocycles. The van der Waals surface area contributed by atoms with E-state index in [-0.39, 0.29) is 0 Å². The number of rotatable bonds is 6. The van der Waals surface area contributed by atoms with E-state index in [4.69, 9.17) is 11.5 Å². The minimum absolute atomic E-state index is 0.433. The standard InChI is InChI=1S/C12H18N2OS/c1-12(14,11(13)15)8-5-9-16-10-6-3-2-4-7-10/h2-4,6-7H,5,8-9,14H2,1H3,(H2,13,15). The number of carbonyl (C=O) groups is 1. The summed E-state index contributed by atoms with van der Waals surface area (Å²) in [5.74, 6) is 0.515. The predicted octanol–water partition coefficient (Wildman–Crippen LogP) is 1.76. The van der Waals surface area contributed by atoms with Crippen LogP contribution in [0, 0.1) is 0 Å². The molecule has 1 rings (SSSR count). The van der Waals surface area contributed by atoms with E-state index in [1.54, 1.807) is 18.7 Å². The topological polar surface area (TPSA) is 69.1 Å². The molecule has 1 aromatic rings. The van der Waals surface area contributed by atoms with Crippen LogP contribution in [0.15, 0.2) is 35.2 Å². The van der Waals surface area contributed by atoms with Crippen molar-refractivity contribution in [3.63, 3.8) is 0 Å². The summed E-state index contributed by atoms with van der Waals surface area (Å²) in [6.07, 6.45) is 1.51. The second-order valence-electron chi connectivity index (χ2n) is 4.05. The highest BCUT2D eigenvalue weighted by atomic mass is 32.2. The number of nitrogens with two attached hydrogens (primary N) is 2. The van der Waals surface area contributed by atoms with Crippen molar-refractivity contribution in [1.82, 2.24) is 0 Å². The molecular formula is C12H18N2OS. The lowest BCUT2D eigenvalue weighted by Crippen LogP contribution is -2.49. The molecule has 1 amide bonds.